The molecule has 160 valence electrons. The Morgan fingerprint density at radius 2 is 2.06 bits per heavy atom. The van der Waals surface area contributed by atoms with Gasteiger partial charge >= 0.3 is 0 Å². The van der Waals surface area contributed by atoms with Crippen LogP contribution in [0.4, 0.5) is 5.69 Å². The molecule has 1 aromatic carbocycles. The number of aromatic nitrogens is 5. The summed E-state index contributed by atoms with van der Waals surface area (Å²) >= 11 is 3.25. The Hall–Kier alpha value is -3.43. The normalized spacial score (nSPS) is 11.2. The maximum absolute atomic E-state index is 13.1. The second-order valence-electron chi connectivity index (χ2n) is 7.33. The minimum absolute atomic E-state index is 0.180. The lowest BCUT2D eigenvalue weighted by molar-refractivity contribution is 0.102. The lowest BCUT2D eigenvalue weighted by atomic mass is 10.1. The van der Waals surface area contributed by atoms with Crippen LogP contribution in [0.5, 0.6) is 0 Å². The van der Waals surface area contributed by atoms with E-state index in [4.69, 9.17) is 0 Å². The number of nitrogens with one attached hydrogen (secondary N) is 1. The number of hydrogen-bond acceptors (Lipinski definition) is 6. The number of imidazole rings is 1. The molecule has 0 atom stereocenters. The molecule has 4 aromatic heterocycles. The van der Waals surface area contributed by atoms with Crippen LogP contribution in [0.15, 0.2) is 76.5 Å². The van der Waals surface area contributed by atoms with Crippen molar-refractivity contribution in [3.8, 4) is 0 Å². The molecule has 0 aliphatic carbocycles. The highest BCUT2D eigenvalue weighted by atomic mass is 32.2. The van der Waals surface area contributed by atoms with Gasteiger partial charge in [-0.05, 0) is 48.7 Å². The number of anilines is 1. The van der Waals surface area contributed by atoms with Crippen LogP contribution in [0.25, 0.3) is 11.0 Å². The number of fused-ring (bicyclic) bond motifs is 1. The molecule has 0 aliphatic heterocycles. The predicted molar refractivity (Wildman–Crippen MR) is 127 cm³/mol. The van der Waals surface area contributed by atoms with E-state index in [2.05, 4.69) is 26.4 Å². The summed E-state index contributed by atoms with van der Waals surface area (Å²) in [5.74, 6) is -0.180. The third-order valence-electron chi connectivity index (χ3n) is 4.97. The number of rotatable bonds is 6. The van der Waals surface area contributed by atoms with Crippen molar-refractivity contribution in [3.63, 3.8) is 0 Å². The number of amides is 1. The first kappa shape index (κ1) is 20.5. The lowest BCUT2D eigenvalue weighted by Gasteiger charge is -2.09. The zero-order valence-electron chi connectivity index (χ0n) is 17.5. The van der Waals surface area contributed by atoms with E-state index in [9.17, 15) is 4.79 Å². The van der Waals surface area contributed by atoms with E-state index in [1.54, 1.807) is 41.6 Å². The fraction of sp³-hybridized carbons (Fsp3) is 0.130. The Balaban J connectivity index is 1.36. The van der Waals surface area contributed by atoms with Crippen LogP contribution in [0, 0.1) is 6.92 Å². The lowest BCUT2D eigenvalue weighted by Crippen LogP contribution is -2.13. The van der Waals surface area contributed by atoms with Gasteiger partial charge in [0.15, 0.2) is 10.8 Å². The number of thiophene rings is 1. The Morgan fingerprint density at radius 1 is 1.22 bits per heavy atom. The number of nitrogens with zero attached hydrogens (tertiary/aromatic N) is 5. The molecule has 0 saturated carbocycles. The predicted octanol–water partition coefficient (Wildman–Crippen LogP) is 4.99. The van der Waals surface area contributed by atoms with Crippen LogP contribution < -0.4 is 5.32 Å². The molecule has 5 aromatic rings. The molecule has 0 aliphatic rings. The zero-order chi connectivity index (χ0) is 22.1. The summed E-state index contributed by atoms with van der Waals surface area (Å²) < 4.78 is 3.81. The smallest absolute Gasteiger partial charge is 0.256 e. The van der Waals surface area contributed by atoms with Crippen LogP contribution in [0.3, 0.4) is 0 Å². The molecule has 1 amide bonds. The van der Waals surface area contributed by atoms with Gasteiger partial charge in [-0.1, -0.05) is 17.8 Å². The first-order valence-electron chi connectivity index (χ1n) is 9.99. The van der Waals surface area contributed by atoms with Crippen LogP contribution >= 0.6 is 23.1 Å². The third kappa shape index (κ3) is 4.17. The van der Waals surface area contributed by atoms with Crippen molar-refractivity contribution in [3.05, 3.63) is 82.6 Å². The van der Waals surface area contributed by atoms with E-state index in [0.29, 0.717) is 17.8 Å². The molecule has 7 nitrogen and oxygen atoms in total. The van der Waals surface area contributed by atoms with E-state index in [1.165, 1.54) is 4.88 Å². The molecule has 4 heterocycles. The van der Waals surface area contributed by atoms with Crippen molar-refractivity contribution in [2.24, 2.45) is 7.05 Å². The van der Waals surface area contributed by atoms with Crippen LogP contribution in [-0.4, -0.2) is 30.2 Å². The average Bonchev–Trinajstić information content (AvgIpc) is 3.53. The van der Waals surface area contributed by atoms with Crippen molar-refractivity contribution < 1.29 is 4.79 Å². The number of hydrogen-bond donors (Lipinski definition) is 1. The molecule has 0 bridgehead atoms. The Morgan fingerprint density at radius 3 is 2.78 bits per heavy atom. The first-order chi connectivity index (χ1) is 15.6. The molecule has 0 unspecified atom stereocenters. The number of pyridine rings is 1. The molecular weight excluding hydrogens is 440 g/mol. The largest absolute Gasteiger partial charge is 0.329 e. The van der Waals surface area contributed by atoms with Crippen molar-refractivity contribution in [2.45, 2.75) is 23.5 Å². The van der Waals surface area contributed by atoms with Gasteiger partial charge in [0.05, 0.1) is 23.7 Å². The quantitative estimate of drug-likeness (QED) is 0.386. The van der Waals surface area contributed by atoms with E-state index < -0.39 is 0 Å². The van der Waals surface area contributed by atoms with Crippen LogP contribution in [0.1, 0.15) is 20.9 Å². The summed E-state index contributed by atoms with van der Waals surface area (Å²) in [6.45, 7) is 2.52. The molecule has 5 rings (SSSR count). The minimum atomic E-state index is -0.180. The van der Waals surface area contributed by atoms with Gasteiger partial charge in [0.1, 0.15) is 0 Å². The Labute approximate surface area is 193 Å². The van der Waals surface area contributed by atoms with E-state index in [0.717, 1.165) is 26.8 Å². The number of benzene rings is 1. The van der Waals surface area contributed by atoms with Gasteiger partial charge < -0.3 is 9.88 Å². The second-order valence-corrected chi connectivity index (χ2v) is 9.40. The summed E-state index contributed by atoms with van der Waals surface area (Å²) in [4.78, 5) is 24.3. The van der Waals surface area contributed by atoms with Crippen molar-refractivity contribution >= 4 is 45.7 Å². The van der Waals surface area contributed by atoms with Gasteiger partial charge in [0.2, 0.25) is 0 Å². The van der Waals surface area contributed by atoms with Crippen molar-refractivity contribution in [1.82, 2.24) is 24.3 Å². The minimum Gasteiger partial charge on any atom is -0.329 e. The van der Waals surface area contributed by atoms with E-state index in [-0.39, 0.29) is 5.91 Å². The van der Waals surface area contributed by atoms with E-state index in [1.807, 2.05) is 65.1 Å². The molecule has 0 radical (unpaired) electrons. The van der Waals surface area contributed by atoms with Crippen molar-refractivity contribution in [2.75, 3.05) is 5.32 Å². The number of carbonyl (C=O) groups is 1. The fourth-order valence-electron chi connectivity index (χ4n) is 3.39. The fourth-order valence-corrected chi connectivity index (χ4v) is 4.87. The summed E-state index contributed by atoms with van der Waals surface area (Å²) in [7, 11) is 1.96. The number of carbonyl (C=O) groups excluding carboxylic acids is 1. The van der Waals surface area contributed by atoms with Gasteiger partial charge in [-0.25, -0.2) is 14.6 Å². The molecule has 1 N–H and O–H groups in total. The van der Waals surface area contributed by atoms with Gasteiger partial charge in [-0.15, -0.1) is 11.3 Å². The van der Waals surface area contributed by atoms with Crippen LogP contribution in [0.2, 0.25) is 0 Å². The highest BCUT2D eigenvalue weighted by Crippen LogP contribution is 2.27. The standard InChI is InChI=1S/C23H20N6OS2/c1-15-12-19(20-13-25-29(21(20)26-15)14-18-4-3-11-31-18)22(30)27-16-5-7-17(8-6-16)32-23-24-9-10-28(23)2/h3-13H,14H2,1-2H3,(H,27,30). The summed E-state index contributed by atoms with van der Waals surface area (Å²) in [5, 5.41) is 11.2. The second kappa shape index (κ2) is 8.60. The molecule has 0 saturated heterocycles. The van der Waals surface area contributed by atoms with Gasteiger partial charge in [0, 0.05) is 40.6 Å². The van der Waals surface area contributed by atoms with Gasteiger partial charge in [-0.2, -0.15) is 5.10 Å². The number of aryl methyl sites for hydroxylation is 2. The highest BCUT2D eigenvalue weighted by Gasteiger charge is 2.16. The average molecular weight is 461 g/mol. The van der Waals surface area contributed by atoms with Crippen molar-refractivity contribution in [1.29, 1.82) is 0 Å². The molecule has 0 fully saturated rings. The topological polar surface area (TPSA) is 77.6 Å². The molecule has 32 heavy (non-hydrogen) atoms. The molecule has 9 heteroatoms. The van der Waals surface area contributed by atoms with Gasteiger partial charge in [0.25, 0.3) is 5.91 Å². The maximum atomic E-state index is 13.1. The SMILES string of the molecule is Cc1cc(C(=O)Nc2ccc(Sc3nccn3C)cc2)c2cnn(Cc3cccs3)c2n1. The summed E-state index contributed by atoms with van der Waals surface area (Å²) in [6.07, 6.45) is 5.41. The summed E-state index contributed by atoms with van der Waals surface area (Å²) in [5.41, 5.74) is 2.78. The maximum Gasteiger partial charge on any atom is 0.256 e. The molecular formula is C23H20N6OS2. The van der Waals surface area contributed by atoms with Crippen LogP contribution in [-0.2, 0) is 13.6 Å². The Kier molecular flexibility index (Phi) is 5.50. The monoisotopic (exact) mass is 460 g/mol. The third-order valence-corrected chi connectivity index (χ3v) is 6.91. The highest BCUT2D eigenvalue weighted by molar-refractivity contribution is 7.99. The zero-order valence-corrected chi connectivity index (χ0v) is 19.2. The Bertz CT molecular complexity index is 1390. The molecule has 0 spiro atoms. The summed E-state index contributed by atoms with van der Waals surface area (Å²) in [6, 6.07) is 13.6. The van der Waals surface area contributed by atoms with Gasteiger partial charge in [-0.3, -0.25) is 4.79 Å². The van der Waals surface area contributed by atoms with E-state index >= 15 is 0 Å². The first-order valence-corrected chi connectivity index (χ1v) is 11.7.